The number of anilines is 2. The van der Waals surface area contributed by atoms with Crippen molar-refractivity contribution in [1.29, 1.82) is 0 Å². The molecule has 1 rings (SSSR count). The van der Waals surface area contributed by atoms with Crippen LogP contribution in [0, 0.1) is 0 Å². The summed E-state index contributed by atoms with van der Waals surface area (Å²) in [7, 11) is 0. The number of halogens is 2. The number of esters is 1. The van der Waals surface area contributed by atoms with Crippen LogP contribution in [-0.2, 0) is 4.74 Å². The summed E-state index contributed by atoms with van der Waals surface area (Å²) in [5.41, 5.74) is 10.7. The summed E-state index contributed by atoms with van der Waals surface area (Å²) in [6.07, 6.45) is 0. The highest BCUT2D eigenvalue weighted by molar-refractivity contribution is 6.01. The summed E-state index contributed by atoms with van der Waals surface area (Å²) in [6, 6.07) is 2.42. The number of benzene rings is 1. The molecule has 0 aliphatic heterocycles. The summed E-state index contributed by atoms with van der Waals surface area (Å²) in [4.78, 5) is 11.5. The molecule has 0 heterocycles. The minimum Gasteiger partial charge on any atom is -0.462 e. The lowest BCUT2D eigenvalue weighted by Gasteiger charge is -2.13. The number of nitrogens with two attached hydrogens (primary N) is 2. The monoisotopic (exact) mass is 246 g/mol. The van der Waals surface area contributed by atoms with Crippen molar-refractivity contribution in [2.75, 3.05) is 18.1 Å². The quantitative estimate of drug-likeness (QED) is 0.622. The third-order valence-corrected chi connectivity index (χ3v) is 1.94. The van der Waals surface area contributed by atoms with Crippen molar-refractivity contribution in [3.63, 3.8) is 0 Å². The predicted octanol–water partition coefficient (Wildman–Crippen LogP) is 1.63. The van der Waals surface area contributed by atoms with E-state index < -0.39 is 12.6 Å². The van der Waals surface area contributed by atoms with Crippen molar-refractivity contribution >= 4 is 17.3 Å². The van der Waals surface area contributed by atoms with E-state index in [-0.39, 0.29) is 29.3 Å². The maximum Gasteiger partial charge on any atom is 0.387 e. The number of hydrogen-bond acceptors (Lipinski definition) is 5. The molecule has 0 aromatic heterocycles. The Balaban J connectivity index is 3.21. The van der Waals surface area contributed by atoms with Gasteiger partial charge in [-0.25, -0.2) is 4.79 Å². The average Bonchev–Trinajstić information content (AvgIpc) is 2.23. The second-order valence-corrected chi connectivity index (χ2v) is 3.04. The van der Waals surface area contributed by atoms with Gasteiger partial charge in [-0.1, -0.05) is 0 Å². The molecule has 0 spiro atoms. The van der Waals surface area contributed by atoms with Crippen LogP contribution in [-0.4, -0.2) is 19.2 Å². The summed E-state index contributed by atoms with van der Waals surface area (Å²) < 4.78 is 33.1. The van der Waals surface area contributed by atoms with Gasteiger partial charge in [0.25, 0.3) is 0 Å². The number of rotatable bonds is 4. The molecular formula is C10H12F2N2O3. The third kappa shape index (κ3) is 2.96. The van der Waals surface area contributed by atoms with E-state index in [0.29, 0.717) is 0 Å². The summed E-state index contributed by atoms with van der Waals surface area (Å²) in [5, 5.41) is 0. The van der Waals surface area contributed by atoms with E-state index in [9.17, 15) is 13.6 Å². The predicted molar refractivity (Wildman–Crippen MR) is 57.9 cm³/mol. The van der Waals surface area contributed by atoms with Crippen molar-refractivity contribution in [1.82, 2.24) is 0 Å². The molecule has 7 heteroatoms. The normalized spacial score (nSPS) is 10.4. The molecule has 0 atom stereocenters. The Labute approximate surface area is 96.3 Å². The Hall–Kier alpha value is -2.05. The van der Waals surface area contributed by atoms with Crippen LogP contribution in [0.5, 0.6) is 5.75 Å². The fourth-order valence-electron chi connectivity index (χ4n) is 1.22. The van der Waals surface area contributed by atoms with Gasteiger partial charge in [-0.15, -0.1) is 0 Å². The van der Waals surface area contributed by atoms with Gasteiger partial charge in [0.15, 0.2) is 0 Å². The van der Waals surface area contributed by atoms with Gasteiger partial charge >= 0.3 is 12.6 Å². The molecule has 17 heavy (non-hydrogen) atoms. The van der Waals surface area contributed by atoms with Crippen molar-refractivity contribution in [3.8, 4) is 5.75 Å². The van der Waals surface area contributed by atoms with Crippen LogP contribution in [0.2, 0.25) is 0 Å². The van der Waals surface area contributed by atoms with Crippen LogP contribution in [0.1, 0.15) is 17.3 Å². The molecule has 0 saturated heterocycles. The first kappa shape index (κ1) is 13.0. The molecular weight excluding hydrogens is 234 g/mol. The third-order valence-electron chi connectivity index (χ3n) is 1.94. The number of carbonyl (C=O) groups excluding carboxylic acids is 1. The molecule has 94 valence electrons. The van der Waals surface area contributed by atoms with Gasteiger partial charge in [-0.3, -0.25) is 0 Å². The van der Waals surface area contributed by atoms with Crippen molar-refractivity contribution in [3.05, 3.63) is 17.7 Å². The fourth-order valence-corrected chi connectivity index (χ4v) is 1.22. The van der Waals surface area contributed by atoms with Gasteiger partial charge in [-0.05, 0) is 19.1 Å². The van der Waals surface area contributed by atoms with Gasteiger partial charge in [-0.2, -0.15) is 8.78 Å². The number of nitrogen functional groups attached to an aromatic ring is 2. The molecule has 1 aromatic rings. The van der Waals surface area contributed by atoms with Gasteiger partial charge in [0.2, 0.25) is 0 Å². The second-order valence-electron chi connectivity index (χ2n) is 3.04. The molecule has 0 amide bonds. The maximum absolute atomic E-state index is 12.1. The fraction of sp³-hybridized carbons (Fsp3) is 0.300. The molecule has 0 saturated carbocycles. The molecule has 0 aliphatic carbocycles. The van der Waals surface area contributed by atoms with Crippen LogP contribution < -0.4 is 16.2 Å². The van der Waals surface area contributed by atoms with E-state index >= 15 is 0 Å². The number of ether oxygens (including phenoxy) is 2. The standard InChI is InChI=1S/C10H12F2N2O3/c1-2-16-9(15)7-6(17-10(11)12)4-3-5(13)8(7)14/h3-4,10H,2,13-14H2,1H3. The van der Waals surface area contributed by atoms with Crippen LogP contribution in [0.25, 0.3) is 0 Å². The van der Waals surface area contributed by atoms with Gasteiger partial charge in [0, 0.05) is 0 Å². The Morgan fingerprint density at radius 1 is 1.41 bits per heavy atom. The summed E-state index contributed by atoms with van der Waals surface area (Å²) in [6.45, 7) is -1.40. The highest BCUT2D eigenvalue weighted by Crippen LogP contribution is 2.31. The zero-order valence-electron chi connectivity index (χ0n) is 9.07. The molecule has 5 nitrogen and oxygen atoms in total. The second kappa shape index (κ2) is 5.33. The molecule has 1 aromatic carbocycles. The molecule has 0 bridgehead atoms. The van der Waals surface area contributed by atoms with E-state index in [0.717, 1.165) is 6.07 Å². The Kier molecular flexibility index (Phi) is 4.08. The van der Waals surface area contributed by atoms with E-state index in [2.05, 4.69) is 9.47 Å². The maximum atomic E-state index is 12.1. The molecule has 0 fully saturated rings. The molecule has 0 radical (unpaired) electrons. The first-order valence-electron chi connectivity index (χ1n) is 4.77. The largest absolute Gasteiger partial charge is 0.462 e. The van der Waals surface area contributed by atoms with Crippen LogP contribution in [0.15, 0.2) is 12.1 Å². The Morgan fingerprint density at radius 2 is 2.06 bits per heavy atom. The van der Waals surface area contributed by atoms with E-state index in [1.165, 1.54) is 6.07 Å². The lowest BCUT2D eigenvalue weighted by molar-refractivity contribution is -0.0503. The number of alkyl halides is 2. The summed E-state index contributed by atoms with van der Waals surface area (Å²) in [5.74, 6) is -1.21. The minimum atomic E-state index is -3.06. The lowest BCUT2D eigenvalue weighted by atomic mass is 10.1. The number of hydrogen-bond donors (Lipinski definition) is 2. The topological polar surface area (TPSA) is 87.6 Å². The van der Waals surface area contributed by atoms with Gasteiger partial charge in [0.05, 0.1) is 18.0 Å². The Bertz CT molecular complexity index is 424. The SMILES string of the molecule is CCOC(=O)c1c(OC(F)F)ccc(N)c1N. The van der Waals surface area contributed by atoms with E-state index in [1.807, 2.05) is 0 Å². The van der Waals surface area contributed by atoms with Crippen molar-refractivity contribution in [2.45, 2.75) is 13.5 Å². The first-order chi connectivity index (χ1) is 7.97. The Morgan fingerprint density at radius 3 is 2.59 bits per heavy atom. The van der Waals surface area contributed by atoms with E-state index in [4.69, 9.17) is 11.5 Å². The lowest BCUT2D eigenvalue weighted by Crippen LogP contribution is -2.14. The van der Waals surface area contributed by atoms with E-state index in [1.54, 1.807) is 6.92 Å². The van der Waals surface area contributed by atoms with Crippen molar-refractivity contribution < 1.29 is 23.0 Å². The highest BCUT2D eigenvalue weighted by atomic mass is 19.3. The molecule has 0 aliphatic rings. The average molecular weight is 246 g/mol. The molecule has 0 unspecified atom stereocenters. The van der Waals surface area contributed by atoms with Crippen LogP contribution >= 0.6 is 0 Å². The highest BCUT2D eigenvalue weighted by Gasteiger charge is 2.21. The van der Waals surface area contributed by atoms with Crippen LogP contribution in [0.3, 0.4) is 0 Å². The first-order valence-corrected chi connectivity index (χ1v) is 4.77. The van der Waals surface area contributed by atoms with Gasteiger partial charge in [0.1, 0.15) is 11.3 Å². The molecule has 4 N–H and O–H groups in total. The number of carbonyl (C=O) groups is 1. The zero-order valence-corrected chi connectivity index (χ0v) is 9.07. The van der Waals surface area contributed by atoms with Crippen molar-refractivity contribution in [2.24, 2.45) is 0 Å². The minimum absolute atomic E-state index is 0.0845. The smallest absolute Gasteiger partial charge is 0.387 e. The zero-order chi connectivity index (χ0) is 13.0. The van der Waals surface area contributed by atoms with Crippen LogP contribution in [0.4, 0.5) is 20.2 Å². The van der Waals surface area contributed by atoms with Gasteiger partial charge < -0.3 is 20.9 Å². The summed E-state index contributed by atoms with van der Waals surface area (Å²) >= 11 is 0.